The molecule has 5 N–H and O–H groups in total. The predicted molar refractivity (Wildman–Crippen MR) is 45.1 cm³/mol. The van der Waals surface area contributed by atoms with E-state index in [-0.39, 0.29) is 11.5 Å². The topological polar surface area (TPSA) is 93.6 Å². The first-order valence-electron chi connectivity index (χ1n) is 4.08. The highest BCUT2D eigenvalue weighted by Gasteiger charge is 2.41. The number of nitrogens with two attached hydrogens (primary N) is 2. The smallest absolute Gasteiger partial charge is 0.239 e. The third kappa shape index (κ3) is 1.06. The van der Waals surface area contributed by atoms with Crippen LogP contribution in [-0.2, 0) is 5.54 Å². The highest BCUT2D eigenvalue weighted by atomic mass is 15.3. The molecule has 12 heavy (non-hydrogen) atoms. The normalized spacial score (nSPS) is 22.2. The number of aromatic nitrogens is 3. The highest BCUT2D eigenvalue weighted by Crippen LogP contribution is 2.42. The van der Waals surface area contributed by atoms with Crippen LogP contribution in [-0.4, -0.2) is 15.2 Å². The van der Waals surface area contributed by atoms with E-state index in [0.29, 0.717) is 11.7 Å². The molecule has 0 aliphatic heterocycles. The molecular weight excluding hydrogens is 154 g/mol. The van der Waals surface area contributed by atoms with E-state index in [9.17, 15) is 0 Å². The van der Waals surface area contributed by atoms with E-state index in [0.717, 1.165) is 0 Å². The van der Waals surface area contributed by atoms with E-state index < -0.39 is 0 Å². The molecule has 5 nitrogen and oxygen atoms in total. The Bertz CT molecular complexity index is 286. The van der Waals surface area contributed by atoms with E-state index >= 15 is 0 Å². The summed E-state index contributed by atoms with van der Waals surface area (Å²) in [6.45, 7) is 1.96. The van der Waals surface area contributed by atoms with Gasteiger partial charge in [-0.2, -0.15) is 4.98 Å². The van der Waals surface area contributed by atoms with Crippen molar-refractivity contribution in [3.05, 3.63) is 5.82 Å². The zero-order valence-electron chi connectivity index (χ0n) is 7.04. The summed E-state index contributed by atoms with van der Waals surface area (Å²) in [5, 5.41) is 6.51. The van der Waals surface area contributed by atoms with E-state index in [4.69, 9.17) is 11.5 Å². The Morgan fingerprint density at radius 1 is 1.58 bits per heavy atom. The Morgan fingerprint density at radius 2 is 2.25 bits per heavy atom. The standard InChI is InChI=1S/C7H13N5/c1-7(9,4-2-3-4)5-10-6(8)12-11-5/h4H,2-3,9H2,1H3,(H3,8,10,11,12). The van der Waals surface area contributed by atoms with E-state index in [2.05, 4.69) is 15.2 Å². The first kappa shape index (κ1) is 7.54. The Kier molecular flexibility index (Phi) is 1.38. The van der Waals surface area contributed by atoms with Crippen molar-refractivity contribution in [1.82, 2.24) is 15.2 Å². The van der Waals surface area contributed by atoms with Crippen LogP contribution < -0.4 is 11.5 Å². The maximum absolute atomic E-state index is 6.07. The summed E-state index contributed by atoms with van der Waals surface area (Å²) in [6.07, 6.45) is 2.35. The van der Waals surface area contributed by atoms with Gasteiger partial charge in [0, 0.05) is 0 Å². The molecule has 0 radical (unpaired) electrons. The van der Waals surface area contributed by atoms with Crippen LogP contribution in [0.15, 0.2) is 0 Å². The van der Waals surface area contributed by atoms with Gasteiger partial charge in [-0.05, 0) is 25.7 Å². The van der Waals surface area contributed by atoms with Gasteiger partial charge in [0.15, 0.2) is 0 Å². The van der Waals surface area contributed by atoms with Gasteiger partial charge in [0.1, 0.15) is 5.82 Å². The number of nitrogen functional groups attached to an aromatic ring is 1. The molecule has 0 aromatic carbocycles. The molecule has 1 heterocycles. The number of nitrogens with one attached hydrogen (secondary N) is 1. The van der Waals surface area contributed by atoms with Crippen molar-refractivity contribution in [1.29, 1.82) is 0 Å². The summed E-state index contributed by atoms with van der Waals surface area (Å²) < 4.78 is 0. The summed E-state index contributed by atoms with van der Waals surface area (Å²) in [5.41, 5.74) is 11.1. The molecule has 1 aliphatic carbocycles. The Morgan fingerprint density at radius 3 is 2.67 bits per heavy atom. The van der Waals surface area contributed by atoms with E-state index in [1.54, 1.807) is 0 Å². The van der Waals surface area contributed by atoms with Crippen LogP contribution in [0.2, 0.25) is 0 Å². The lowest BCUT2D eigenvalue weighted by Gasteiger charge is -2.20. The maximum Gasteiger partial charge on any atom is 0.239 e. The van der Waals surface area contributed by atoms with Crippen LogP contribution in [0.25, 0.3) is 0 Å². The third-order valence-electron chi connectivity index (χ3n) is 2.44. The fourth-order valence-corrected chi connectivity index (χ4v) is 1.39. The number of hydrogen-bond donors (Lipinski definition) is 3. The zero-order chi connectivity index (χ0) is 8.77. The highest BCUT2D eigenvalue weighted by molar-refractivity contribution is 5.18. The average Bonchev–Trinajstić information content (AvgIpc) is 2.75. The monoisotopic (exact) mass is 167 g/mol. The van der Waals surface area contributed by atoms with Gasteiger partial charge in [0.2, 0.25) is 5.95 Å². The fourth-order valence-electron chi connectivity index (χ4n) is 1.39. The van der Waals surface area contributed by atoms with Gasteiger partial charge in [-0.15, -0.1) is 5.10 Å². The van der Waals surface area contributed by atoms with Gasteiger partial charge in [-0.3, -0.25) is 5.10 Å². The largest absolute Gasteiger partial charge is 0.367 e. The van der Waals surface area contributed by atoms with Crippen molar-refractivity contribution >= 4 is 5.95 Å². The van der Waals surface area contributed by atoms with Gasteiger partial charge < -0.3 is 11.5 Å². The molecule has 1 saturated carbocycles. The molecule has 1 aliphatic rings. The molecule has 0 saturated heterocycles. The molecule has 1 atom stereocenters. The molecule has 0 bridgehead atoms. The molecular formula is C7H13N5. The predicted octanol–water partition coefficient (Wildman–Crippen LogP) is -0.0292. The summed E-state index contributed by atoms with van der Waals surface area (Å²) in [4.78, 5) is 4.03. The van der Waals surface area contributed by atoms with Gasteiger partial charge in [0.05, 0.1) is 5.54 Å². The molecule has 5 heteroatoms. The SMILES string of the molecule is CC(N)(c1nc(N)n[nH]1)C1CC1. The van der Waals surface area contributed by atoms with E-state index in [1.807, 2.05) is 6.92 Å². The summed E-state index contributed by atoms with van der Waals surface area (Å²) in [7, 11) is 0. The lowest BCUT2D eigenvalue weighted by Crippen LogP contribution is -2.36. The zero-order valence-corrected chi connectivity index (χ0v) is 7.04. The first-order chi connectivity index (χ1) is 5.60. The first-order valence-corrected chi connectivity index (χ1v) is 4.08. The van der Waals surface area contributed by atoms with Crippen molar-refractivity contribution in [2.45, 2.75) is 25.3 Å². The minimum Gasteiger partial charge on any atom is -0.367 e. The fraction of sp³-hybridized carbons (Fsp3) is 0.714. The number of H-pyrrole nitrogens is 1. The molecule has 0 spiro atoms. The summed E-state index contributed by atoms with van der Waals surface area (Å²) in [6, 6.07) is 0. The van der Waals surface area contributed by atoms with Gasteiger partial charge in [-0.1, -0.05) is 0 Å². The molecule has 0 amide bonds. The third-order valence-corrected chi connectivity index (χ3v) is 2.44. The Balaban J connectivity index is 2.27. The quantitative estimate of drug-likeness (QED) is 0.576. The van der Waals surface area contributed by atoms with Crippen molar-refractivity contribution in [2.75, 3.05) is 5.73 Å². The van der Waals surface area contributed by atoms with Crippen molar-refractivity contribution < 1.29 is 0 Å². The molecule has 1 unspecified atom stereocenters. The molecule has 1 fully saturated rings. The lowest BCUT2D eigenvalue weighted by molar-refractivity contribution is 0.402. The second-order valence-corrected chi connectivity index (χ2v) is 3.60. The van der Waals surface area contributed by atoms with Crippen LogP contribution in [0, 0.1) is 5.92 Å². The van der Waals surface area contributed by atoms with Gasteiger partial charge in [-0.25, -0.2) is 0 Å². The van der Waals surface area contributed by atoms with E-state index in [1.165, 1.54) is 12.8 Å². The molecule has 2 rings (SSSR count). The Labute approximate surface area is 70.5 Å². The van der Waals surface area contributed by atoms with Crippen LogP contribution in [0.5, 0.6) is 0 Å². The Hall–Kier alpha value is -1.10. The number of anilines is 1. The summed E-state index contributed by atoms with van der Waals surface area (Å²) >= 11 is 0. The summed E-state index contributed by atoms with van der Waals surface area (Å²) in [5.74, 6) is 1.50. The van der Waals surface area contributed by atoms with Crippen LogP contribution in [0.3, 0.4) is 0 Å². The van der Waals surface area contributed by atoms with Crippen LogP contribution in [0.4, 0.5) is 5.95 Å². The van der Waals surface area contributed by atoms with Crippen molar-refractivity contribution in [3.8, 4) is 0 Å². The minimum absolute atomic E-state index is 0.266. The minimum atomic E-state index is -0.384. The number of nitrogens with zero attached hydrogens (tertiary/aromatic N) is 2. The van der Waals surface area contributed by atoms with Crippen LogP contribution in [0.1, 0.15) is 25.6 Å². The van der Waals surface area contributed by atoms with Gasteiger partial charge >= 0.3 is 0 Å². The van der Waals surface area contributed by atoms with Gasteiger partial charge in [0.25, 0.3) is 0 Å². The van der Waals surface area contributed by atoms with Crippen molar-refractivity contribution in [2.24, 2.45) is 11.7 Å². The number of rotatable bonds is 2. The van der Waals surface area contributed by atoms with Crippen molar-refractivity contribution in [3.63, 3.8) is 0 Å². The molecule has 1 aromatic rings. The number of hydrogen-bond acceptors (Lipinski definition) is 4. The lowest BCUT2D eigenvalue weighted by atomic mass is 9.97. The van der Waals surface area contributed by atoms with Crippen LogP contribution >= 0.6 is 0 Å². The second-order valence-electron chi connectivity index (χ2n) is 3.60. The number of aromatic amines is 1. The second kappa shape index (κ2) is 2.20. The molecule has 1 aromatic heterocycles. The molecule has 66 valence electrons. The average molecular weight is 167 g/mol. The maximum atomic E-state index is 6.07.